The molecule has 1 atom stereocenters. The fourth-order valence-electron chi connectivity index (χ4n) is 1.58. The van der Waals surface area contributed by atoms with Crippen molar-refractivity contribution in [1.29, 1.82) is 0 Å². The third-order valence-electron chi connectivity index (χ3n) is 3.61. The van der Waals surface area contributed by atoms with Crippen LogP contribution in [-0.2, 0) is 10.3 Å². The summed E-state index contributed by atoms with van der Waals surface area (Å²) in [6.07, 6.45) is 0. The second-order valence-electron chi connectivity index (χ2n) is 4.86. The van der Waals surface area contributed by atoms with Crippen molar-refractivity contribution >= 4 is 5.78 Å². The summed E-state index contributed by atoms with van der Waals surface area (Å²) in [7, 11) is 0. The number of hydrogen-bond donors (Lipinski definition) is 1. The normalized spacial score (nSPS) is 15.6. The topological polar surface area (TPSA) is 43.1 Å². The van der Waals surface area contributed by atoms with Crippen molar-refractivity contribution in [2.75, 3.05) is 0 Å². The molecule has 0 saturated heterocycles. The van der Waals surface area contributed by atoms with Crippen LogP contribution in [0.2, 0.25) is 0 Å². The molecule has 0 unspecified atom stereocenters. The Bertz CT molecular complexity index is 410. The van der Waals surface area contributed by atoms with Crippen LogP contribution in [-0.4, -0.2) is 5.78 Å². The van der Waals surface area contributed by atoms with Crippen LogP contribution in [0.25, 0.3) is 0 Å². The summed E-state index contributed by atoms with van der Waals surface area (Å²) in [6, 6.07) is 6.31. The molecule has 88 valence electrons. The fourth-order valence-corrected chi connectivity index (χ4v) is 1.58. The van der Waals surface area contributed by atoms with Gasteiger partial charge in [-0.05, 0) is 19.9 Å². The molecule has 0 spiro atoms. The van der Waals surface area contributed by atoms with Crippen LogP contribution < -0.4 is 5.73 Å². The molecule has 0 bridgehead atoms. The number of carbonyl (C=O) groups is 1. The molecule has 3 heteroatoms. The van der Waals surface area contributed by atoms with Crippen LogP contribution in [0, 0.1) is 11.2 Å². The largest absolute Gasteiger partial charge is 0.321 e. The van der Waals surface area contributed by atoms with E-state index in [1.54, 1.807) is 39.0 Å². The first-order chi connectivity index (χ1) is 7.21. The molecular formula is C13H18FNO. The Labute approximate surface area is 95.7 Å². The van der Waals surface area contributed by atoms with Gasteiger partial charge in [0.05, 0.1) is 5.54 Å². The van der Waals surface area contributed by atoms with Crippen LogP contribution in [0.4, 0.5) is 4.39 Å². The molecule has 0 aliphatic heterocycles. The van der Waals surface area contributed by atoms with E-state index in [4.69, 9.17) is 5.73 Å². The maximum Gasteiger partial charge on any atom is 0.137 e. The number of hydrogen-bond acceptors (Lipinski definition) is 2. The van der Waals surface area contributed by atoms with E-state index in [-0.39, 0.29) is 11.6 Å². The smallest absolute Gasteiger partial charge is 0.137 e. The molecule has 0 aliphatic rings. The zero-order valence-electron chi connectivity index (χ0n) is 10.2. The Morgan fingerprint density at radius 1 is 1.25 bits per heavy atom. The van der Waals surface area contributed by atoms with Crippen LogP contribution in [0.1, 0.15) is 33.3 Å². The highest BCUT2D eigenvalue weighted by molar-refractivity contribution is 5.83. The molecule has 1 aromatic carbocycles. The van der Waals surface area contributed by atoms with Gasteiger partial charge in [0.25, 0.3) is 0 Å². The minimum absolute atomic E-state index is 0.0549. The lowest BCUT2D eigenvalue weighted by atomic mass is 9.67. The molecule has 0 saturated carbocycles. The van der Waals surface area contributed by atoms with Gasteiger partial charge in [-0.1, -0.05) is 32.0 Å². The van der Waals surface area contributed by atoms with Gasteiger partial charge in [-0.15, -0.1) is 0 Å². The van der Waals surface area contributed by atoms with Gasteiger partial charge < -0.3 is 5.73 Å². The number of halogens is 1. The lowest BCUT2D eigenvalue weighted by Gasteiger charge is -2.40. The van der Waals surface area contributed by atoms with Crippen LogP contribution in [0.3, 0.4) is 0 Å². The van der Waals surface area contributed by atoms with Crippen LogP contribution in [0.15, 0.2) is 24.3 Å². The first-order valence-electron chi connectivity index (χ1n) is 5.26. The molecule has 0 aromatic heterocycles. The van der Waals surface area contributed by atoms with E-state index in [1.165, 1.54) is 13.0 Å². The SMILES string of the molecule is CC(=O)C(C)(C)[C@](C)(N)c1ccccc1F. The van der Waals surface area contributed by atoms with Gasteiger partial charge in [-0.2, -0.15) is 0 Å². The molecule has 1 aromatic rings. The van der Waals surface area contributed by atoms with E-state index in [0.717, 1.165) is 0 Å². The van der Waals surface area contributed by atoms with Crippen molar-refractivity contribution in [1.82, 2.24) is 0 Å². The number of benzene rings is 1. The minimum Gasteiger partial charge on any atom is -0.321 e. The Morgan fingerprint density at radius 3 is 2.19 bits per heavy atom. The van der Waals surface area contributed by atoms with E-state index in [0.29, 0.717) is 5.56 Å². The van der Waals surface area contributed by atoms with E-state index in [1.807, 2.05) is 0 Å². The molecule has 0 radical (unpaired) electrons. The number of nitrogens with two attached hydrogens (primary N) is 1. The van der Waals surface area contributed by atoms with E-state index in [9.17, 15) is 9.18 Å². The Balaban J connectivity index is 3.32. The highest BCUT2D eigenvalue weighted by Gasteiger charge is 2.44. The van der Waals surface area contributed by atoms with Gasteiger partial charge >= 0.3 is 0 Å². The summed E-state index contributed by atoms with van der Waals surface area (Å²) in [5.74, 6) is -0.428. The second-order valence-corrected chi connectivity index (χ2v) is 4.86. The van der Waals surface area contributed by atoms with Gasteiger partial charge in [0.1, 0.15) is 11.6 Å². The standard InChI is InChI=1S/C13H18FNO/c1-9(16)12(2,3)13(4,15)10-7-5-6-8-11(10)14/h5-8H,15H2,1-4H3/t13-/m1/s1. The van der Waals surface area contributed by atoms with E-state index < -0.39 is 11.0 Å². The molecule has 1 rings (SSSR count). The first kappa shape index (κ1) is 12.8. The van der Waals surface area contributed by atoms with Gasteiger partial charge in [0, 0.05) is 11.0 Å². The summed E-state index contributed by atoms with van der Waals surface area (Å²) < 4.78 is 13.7. The Hall–Kier alpha value is -1.22. The molecule has 16 heavy (non-hydrogen) atoms. The van der Waals surface area contributed by atoms with E-state index >= 15 is 0 Å². The average molecular weight is 223 g/mol. The average Bonchev–Trinajstić information content (AvgIpc) is 2.17. The predicted octanol–water partition coefficient (Wildman–Crippen LogP) is 2.61. The summed E-state index contributed by atoms with van der Waals surface area (Å²) in [5.41, 5.74) is 4.69. The third-order valence-corrected chi connectivity index (χ3v) is 3.61. The molecule has 0 fully saturated rings. The zero-order valence-corrected chi connectivity index (χ0v) is 10.2. The molecule has 0 heterocycles. The van der Waals surface area contributed by atoms with Gasteiger partial charge in [-0.3, -0.25) is 4.79 Å². The van der Waals surface area contributed by atoms with Crippen LogP contribution in [0.5, 0.6) is 0 Å². The lowest BCUT2D eigenvalue weighted by molar-refractivity contribution is -0.128. The quantitative estimate of drug-likeness (QED) is 0.856. The maximum atomic E-state index is 13.7. The number of ketones is 1. The van der Waals surface area contributed by atoms with Crippen molar-refractivity contribution in [2.45, 2.75) is 33.2 Å². The summed E-state index contributed by atoms with van der Waals surface area (Å²) in [6.45, 7) is 6.64. The molecule has 2 N–H and O–H groups in total. The van der Waals surface area contributed by atoms with Crippen molar-refractivity contribution in [2.24, 2.45) is 11.1 Å². The number of rotatable bonds is 3. The predicted molar refractivity (Wildman–Crippen MR) is 62.4 cm³/mol. The van der Waals surface area contributed by atoms with Crippen molar-refractivity contribution in [3.63, 3.8) is 0 Å². The van der Waals surface area contributed by atoms with E-state index in [2.05, 4.69) is 0 Å². The monoisotopic (exact) mass is 223 g/mol. The number of carbonyl (C=O) groups excluding carboxylic acids is 1. The minimum atomic E-state index is -1.02. The van der Waals surface area contributed by atoms with Crippen molar-refractivity contribution in [3.05, 3.63) is 35.6 Å². The zero-order chi connectivity index (χ0) is 12.6. The summed E-state index contributed by atoms with van der Waals surface area (Å²) in [5, 5.41) is 0. The van der Waals surface area contributed by atoms with Gasteiger partial charge in [-0.25, -0.2) is 4.39 Å². The van der Waals surface area contributed by atoms with Crippen LogP contribution >= 0.6 is 0 Å². The highest BCUT2D eigenvalue weighted by Crippen LogP contribution is 2.38. The van der Waals surface area contributed by atoms with Gasteiger partial charge in [0.2, 0.25) is 0 Å². The third kappa shape index (κ3) is 1.87. The van der Waals surface area contributed by atoms with Crippen molar-refractivity contribution in [3.8, 4) is 0 Å². The second kappa shape index (κ2) is 3.98. The Morgan fingerprint density at radius 2 is 1.75 bits per heavy atom. The molecule has 0 aliphatic carbocycles. The Kier molecular flexibility index (Phi) is 3.20. The molecule has 0 amide bonds. The molecule has 2 nitrogen and oxygen atoms in total. The van der Waals surface area contributed by atoms with Gasteiger partial charge in [0.15, 0.2) is 0 Å². The maximum absolute atomic E-state index is 13.7. The fraction of sp³-hybridized carbons (Fsp3) is 0.462. The molecular weight excluding hydrogens is 205 g/mol. The summed E-state index contributed by atoms with van der Waals surface area (Å²) >= 11 is 0. The lowest BCUT2D eigenvalue weighted by Crippen LogP contribution is -2.51. The summed E-state index contributed by atoms with van der Waals surface area (Å²) in [4.78, 5) is 11.6. The number of Topliss-reactive ketones (excluding diaryl/α,β-unsaturated/α-hetero) is 1. The first-order valence-corrected chi connectivity index (χ1v) is 5.26. The van der Waals surface area contributed by atoms with Crippen molar-refractivity contribution < 1.29 is 9.18 Å². The highest BCUT2D eigenvalue weighted by atomic mass is 19.1.